The zero-order chi connectivity index (χ0) is 19.3. The van der Waals surface area contributed by atoms with Crippen molar-refractivity contribution in [3.05, 3.63) is 23.8 Å². The third-order valence-corrected chi connectivity index (χ3v) is 3.84. The fraction of sp³-hybridized carbons (Fsp3) is 0.438. The van der Waals surface area contributed by atoms with E-state index in [9.17, 15) is 18.4 Å². The van der Waals surface area contributed by atoms with Crippen LogP contribution in [-0.2, 0) is 9.53 Å². The van der Waals surface area contributed by atoms with Gasteiger partial charge in [0.05, 0.1) is 0 Å². The third kappa shape index (κ3) is 4.72. The van der Waals surface area contributed by atoms with Gasteiger partial charge in [-0.15, -0.1) is 0 Å². The van der Waals surface area contributed by atoms with Gasteiger partial charge in [-0.25, -0.2) is 13.6 Å². The number of rotatable bonds is 4. The lowest BCUT2D eigenvalue weighted by Gasteiger charge is -2.36. The highest BCUT2D eigenvalue weighted by Gasteiger charge is 2.25. The van der Waals surface area contributed by atoms with Gasteiger partial charge in [-0.2, -0.15) is 5.26 Å². The average Bonchev–Trinajstić information content (AvgIpc) is 2.59. The van der Waals surface area contributed by atoms with Gasteiger partial charge in [-0.05, 0) is 19.1 Å². The maximum atomic E-state index is 14.0. The minimum atomic E-state index is -0.918. The van der Waals surface area contributed by atoms with Crippen molar-refractivity contribution in [3.63, 3.8) is 0 Å². The number of nitrogens with two attached hydrogens (primary N) is 1. The van der Waals surface area contributed by atoms with E-state index in [-0.39, 0.29) is 50.0 Å². The first-order chi connectivity index (χ1) is 12.3. The van der Waals surface area contributed by atoms with E-state index in [1.54, 1.807) is 6.07 Å². The maximum absolute atomic E-state index is 14.0. The van der Waals surface area contributed by atoms with Crippen LogP contribution in [-0.4, -0.2) is 55.7 Å². The molecule has 1 saturated heterocycles. The summed E-state index contributed by atoms with van der Waals surface area (Å²) >= 11 is 0. The highest BCUT2D eigenvalue weighted by molar-refractivity contribution is 5.82. The lowest BCUT2D eigenvalue weighted by atomic mass is 10.2. The maximum Gasteiger partial charge on any atom is 0.408 e. The summed E-state index contributed by atoms with van der Waals surface area (Å²) in [6.07, 6.45) is -1.78. The van der Waals surface area contributed by atoms with Crippen molar-refractivity contribution >= 4 is 23.4 Å². The molecule has 2 rings (SSSR count). The number of ether oxygens (including phenoxy) is 1. The van der Waals surface area contributed by atoms with Crippen molar-refractivity contribution in [2.45, 2.75) is 13.0 Å². The molecule has 1 heterocycles. The van der Waals surface area contributed by atoms with Gasteiger partial charge in [-0.1, -0.05) is 0 Å². The molecule has 0 radical (unpaired) electrons. The molecule has 26 heavy (non-hydrogen) atoms. The topological polar surface area (TPSA) is 112 Å². The molecule has 1 aromatic rings. The lowest BCUT2D eigenvalue weighted by molar-refractivity contribution is -0.130. The fourth-order valence-electron chi connectivity index (χ4n) is 2.55. The molecule has 1 aliphatic heterocycles. The molecule has 1 aromatic carbocycles. The Kier molecular flexibility index (Phi) is 6.16. The Bertz CT molecular complexity index is 706. The van der Waals surface area contributed by atoms with E-state index in [0.29, 0.717) is 0 Å². The van der Waals surface area contributed by atoms with Gasteiger partial charge in [0.15, 0.2) is 17.7 Å². The number of amides is 2. The molecule has 140 valence electrons. The second-order valence-electron chi connectivity index (χ2n) is 5.73. The zero-order valence-corrected chi connectivity index (χ0v) is 14.2. The van der Waals surface area contributed by atoms with Crippen molar-refractivity contribution in [2.24, 2.45) is 0 Å². The van der Waals surface area contributed by atoms with Crippen LogP contribution >= 0.6 is 0 Å². The SMILES string of the molecule is CC(C#N)OC(=O)NCC(=O)N1CCN(c2c(F)cc(N)cc2F)CC1. The number of nitrogens with one attached hydrogen (secondary N) is 1. The number of nitrogen functional groups attached to an aromatic ring is 1. The van der Waals surface area contributed by atoms with Gasteiger partial charge >= 0.3 is 6.09 Å². The normalized spacial score (nSPS) is 15.2. The number of nitriles is 1. The molecular weight excluding hydrogens is 348 g/mol. The Balaban J connectivity index is 1.86. The van der Waals surface area contributed by atoms with E-state index in [2.05, 4.69) is 10.1 Å². The molecule has 3 N–H and O–H groups in total. The summed E-state index contributed by atoms with van der Waals surface area (Å²) in [6.45, 7) is 2.07. The van der Waals surface area contributed by atoms with E-state index in [4.69, 9.17) is 11.0 Å². The van der Waals surface area contributed by atoms with E-state index in [0.717, 1.165) is 12.1 Å². The Labute approximate surface area is 149 Å². The summed E-state index contributed by atoms with van der Waals surface area (Å²) in [5.41, 5.74) is 5.24. The molecule has 1 atom stereocenters. The quantitative estimate of drug-likeness (QED) is 0.763. The summed E-state index contributed by atoms with van der Waals surface area (Å²) < 4.78 is 32.6. The Hall–Kier alpha value is -3.09. The minimum absolute atomic E-state index is 0.00115. The molecule has 10 heteroatoms. The van der Waals surface area contributed by atoms with Crippen LogP contribution < -0.4 is 16.0 Å². The van der Waals surface area contributed by atoms with Crippen molar-refractivity contribution in [2.75, 3.05) is 43.4 Å². The second-order valence-corrected chi connectivity index (χ2v) is 5.73. The molecule has 0 aliphatic carbocycles. The van der Waals surface area contributed by atoms with Gasteiger partial charge in [0.1, 0.15) is 18.3 Å². The van der Waals surface area contributed by atoms with Crippen molar-refractivity contribution in [1.82, 2.24) is 10.2 Å². The number of carbonyl (C=O) groups is 2. The fourth-order valence-corrected chi connectivity index (χ4v) is 2.55. The first kappa shape index (κ1) is 19.2. The first-order valence-electron chi connectivity index (χ1n) is 7.93. The Morgan fingerprint density at radius 1 is 1.31 bits per heavy atom. The molecule has 2 amide bonds. The molecule has 1 aliphatic rings. The molecule has 1 unspecified atom stereocenters. The van der Waals surface area contributed by atoms with Gasteiger partial charge in [-0.3, -0.25) is 4.79 Å². The van der Waals surface area contributed by atoms with Crippen LogP contribution in [0.1, 0.15) is 6.92 Å². The highest BCUT2D eigenvalue weighted by atomic mass is 19.1. The minimum Gasteiger partial charge on any atom is -0.431 e. The zero-order valence-electron chi connectivity index (χ0n) is 14.2. The number of benzene rings is 1. The summed E-state index contributed by atoms with van der Waals surface area (Å²) in [5.74, 6) is -1.86. The van der Waals surface area contributed by atoms with Crippen LogP contribution in [0.3, 0.4) is 0 Å². The average molecular weight is 367 g/mol. The van der Waals surface area contributed by atoms with Gasteiger partial charge in [0.25, 0.3) is 0 Å². The van der Waals surface area contributed by atoms with Crippen LogP contribution in [0, 0.1) is 23.0 Å². The standard InChI is InChI=1S/C16H19F2N5O3/c1-10(8-19)26-16(25)21-9-14(24)22-2-4-23(5-3-22)15-12(17)6-11(20)7-13(15)18/h6-7,10H,2-5,9,20H2,1H3,(H,21,25). The largest absolute Gasteiger partial charge is 0.431 e. The number of anilines is 2. The summed E-state index contributed by atoms with van der Waals surface area (Å²) in [5, 5.41) is 10.8. The number of piperazine rings is 1. The van der Waals surface area contributed by atoms with Crippen LogP contribution in [0.15, 0.2) is 12.1 Å². The molecule has 0 aromatic heterocycles. The molecular formula is C16H19F2N5O3. The summed E-state index contributed by atoms with van der Waals surface area (Å²) in [6, 6.07) is 3.83. The molecule has 0 saturated carbocycles. The monoisotopic (exact) mass is 367 g/mol. The van der Waals surface area contributed by atoms with Gasteiger partial charge in [0.2, 0.25) is 5.91 Å². The Morgan fingerprint density at radius 2 is 1.88 bits per heavy atom. The number of nitrogens with zero attached hydrogens (tertiary/aromatic N) is 3. The van der Waals surface area contributed by atoms with E-state index < -0.39 is 23.8 Å². The first-order valence-corrected chi connectivity index (χ1v) is 7.93. The van der Waals surface area contributed by atoms with Crippen LogP contribution in [0.25, 0.3) is 0 Å². The summed E-state index contributed by atoms with van der Waals surface area (Å²) in [7, 11) is 0. The van der Waals surface area contributed by atoms with Crippen molar-refractivity contribution < 1.29 is 23.1 Å². The van der Waals surface area contributed by atoms with E-state index >= 15 is 0 Å². The molecule has 1 fully saturated rings. The van der Waals surface area contributed by atoms with Crippen LogP contribution in [0.4, 0.5) is 25.0 Å². The number of carbonyl (C=O) groups excluding carboxylic acids is 2. The van der Waals surface area contributed by atoms with Gasteiger partial charge in [0, 0.05) is 31.9 Å². The van der Waals surface area contributed by atoms with E-state index in [1.165, 1.54) is 16.7 Å². The number of halogens is 2. The predicted molar refractivity (Wildman–Crippen MR) is 89.1 cm³/mol. The third-order valence-electron chi connectivity index (χ3n) is 3.84. The Morgan fingerprint density at radius 3 is 2.42 bits per heavy atom. The van der Waals surface area contributed by atoms with Crippen LogP contribution in [0.2, 0.25) is 0 Å². The number of hydrogen-bond acceptors (Lipinski definition) is 6. The molecule has 0 spiro atoms. The van der Waals surface area contributed by atoms with Crippen molar-refractivity contribution in [3.8, 4) is 6.07 Å². The predicted octanol–water partition coefficient (Wildman–Crippen LogP) is 0.834. The summed E-state index contributed by atoms with van der Waals surface area (Å²) in [4.78, 5) is 26.4. The van der Waals surface area contributed by atoms with Crippen LogP contribution in [0.5, 0.6) is 0 Å². The smallest absolute Gasteiger partial charge is 0.408 e. The van der Waals surface area contributed by atoms with Gasteiger partial charge < -0.3 is 25.6 Å². The number of hydrogen-bond donors (Lipinski definition) is 2. The molecule has 0 bridgehead atoms. The second kappa shape index (κ2) is 8.33. The van der Waals surface area contributed by atoms with E-state index in [1.807, 2.05) is 0 Å². The van der Waals surface area contributed by atoms with Crippen molar-refractivity contribution in [1.29, 1.82) is 5.26 Å². The molecule has 8 nitrogen and oxygen atoms in total. The lowest BCUT2D eigenvalue weighted by Crippen LogP contribution is -2.51. The number of alkyl carbamates (subject to hydrolysis) is 1. The highest BCUT2D eigenvalue weighted by Crippen LogP contribution is 2.26.